The number of nitrogens with one attached hydrogen (secondary N) is 1. The van der Waals surface area contributed by atoms with Gasteiger partial charge in [0.15, 0.2) is 0 Å². The monoisotopic (exact) mass is 297 g/mol. The van der Waals surface area contributed by atoms with Gasteiger partial charge in [-0.15, -0.1) is 11.3 Å². The minimum absolute atomic E-state index is 0.0206. The summed E-state index contributed by atoms with van der Waals surface area (Å²) in [6, 6.07) is 0. The third kappa shape index (κ3) is 3.77. The first-order valence-corrected chi connectivity index (χ1v) is 7.43. The van der Waals surface area contributed by atoms with Gasteiger partial charge < -0.3 is 15.0 Å². The fourth-order valence-corrected chi connectivity index (χ4v) is 2.87. The average molecular weight is 297 g/mol. The Labute approximate surface area is 122 Å². The molecular formula is C13H19N3O3S. The number of thiazole rings is 1. The molecule has 2 rings (SSSR count). The largest absolute Gasteiger partial charge is 0.383 e. The molecule has 110 valence electrons. The van der Waals surface area contributed by atoms with Crippen LogP contribution < -0.4 is 5.32 Å². The number of aromatic nitrogens is 1. The van der Waals surface area contributed by atoms with E-state index >= 15 is 0 Å². The van der Waals surface area contributed by atoms with Crippen molar-refractivity contribution in [1.29, 1.82) is 0 Å². The van der Waals surface area contributed by atoms with E-state index in [1.165, 1.54) is 11.3 Å². The number of ether oxygens (including phenoxy) is 1. The van der Waals surface area contributed by atoms with Crippen LogP contribution in [-0.2, 0) is 20.9 Å². The summed E-state index contributed by atoms with van der Waals surface area (Å²) in [5, 5.41) is 5.69. The van der Waals surface area contributed by atoms with Crippen LogP contribution in [0.25, 0.3) is 0 Å². The van der Waals surface area contributed by atoms with Gasteiger partial charge in [0.25, 0.3) is 0 Å². The van der Waals surface area contributed by atoms with Gasteiger partial charge in [-0.25, -0.2) is 4.98 Å². The lowest BCUT2D eigenvalue weighted by Gasteiger charge is -2.15. The maximum atomic E-state index is 12.0. The number of carbonyl (C=O) groups is 2. The van der Waals surface area contributed by atoms with Gasteiger partial charge in [0, 0.05) is 37.7 Å². The fraction of sp³-hybridized carbons (Fsp3) is 0.615. The van der Waals surface area contributed by atoms with E-state index in [9.17, 15) is 9.59 Å². The van der Waals surface area contributed by atoms with Gasteiger partial charge in [-0.1, -0.05) is 0 Å². The van der Waals surface area contributed by atoms with Crippen molar-refractivity contribution in [2.45, 2.75) is 19.9 Å². The van der Waals surface area contributed by atoms with Crippen molar-refractivity contribution in [1.82, 2.24) is 15.2 Å². The van der Waals surface area contributed by atoms with Crippen LogP contribution in [0.3, 0.4) is 0 Å². The topological polar surface area (TPSA) is 71.5 Å². The zero-order chi connectivity index (χ0) is 14.5. The Morgan fingerprint density at radius 1 is 1.65 bits per heavy atom. The second-order valence-corrected chi connectivity index (χ2v) is 5.78. The summed E-state index contributed by atoms with van der Waals surface area (Å²) in [6.45, 7) is 3.87. The molecule has 0 aliphatic carbocycles. The number of aryl methyl sites for hydroxylation is 1. The lowest BCUT2D eigenvalue weighted by atomic mass is 10.1. The molecule has 0 radical (unpaired) electrons. The van der Waals surface area contributed by atoms with Crippen LogP contribution in [0.4, 0.5) is 0 Å². The van der Waals surface area contributed by atoms with Gasteiger partial charge in [0.2, 0.25) is 11.8 Å². The number of amides is 2. The zero-order valence-electron chi connectivity index (χ0n) is 11.7. The minimum Gasteiger partial charge on any atom is -0.383 e. The Morgan fingerprint density at radius 2 is 2.45 bits per heavy atom. The van der Waals surface area contributed by atoms with Gasteiger partial charge in [0.1, 0.15) is 5.01 Å². The lowest BCUT2D eigenvalue weighted by Crippen LogP contribution is -2.33. The van der Waals surface area contributed by atoms with E-state index in [0.29, 0.717) is 26.2 Å². The Balaban J connectivity index is 1.80. The number of likely N-dealkylation sites (tertiary alicyclic amines) is 1. The molecule has 2 amide bonds. The van der Waals surface area contributed by atoms with E-state index in [2.05, 4.69) is 10.3 Å². The third-order valence-corrected chi connectivity index (χ3v) is 4.20. The Bertz CT molecular complexity index is 489. The summed E-state index contributed by atoms with van der Waals surface area (Å²) < 4.78 is 4.95. The van der Waals surface area contributed by atoms with Crippen LogP contribution in [0, 0.1) is 12.8 Å². The Kier molecular flexibility index (Phi) is 5.08. The quantitative estimate of drug-likeness (QED) is 0.833. The first-order valence-electron chi connectivity index (χ1n) is 6.55. The second kappa shape index (κ2) is 6.81. The highest BCUT2D eigenvalue weighted by atomic mass is 32.1. The van der Waals surface area contributed by atoms with Crippen LogP contribution in [0.5, 0.6) is 0 Å². The predicted molar refractivity (Wildman–Crippen MR) is 75.3 cm³/mol. The molecule has 1 atom stereocenters. The number of hydrogen-bond acceptors (Lipinski definition) is 5. The molecule has 1 saturated heterocycles. The number of hydrogen-bond donors (Lipinski definition) is 1. The zero-order valence-corrected chi connectivity index (χ0v) is 12.5. The molecule has 1 aliphatic heterocycles. The van der Waals surface area contributed by atoms with E-state index in [1.54, 1.807) is 12.0 Å². The maximum Gasteiger partial charge on any atom is 0.225 e. The number of methoxy groups -OCH3 is 1. The van der Waals surface area contributed by atoms with E-state index in [0.717, 1.165) is 10.7 Å². The fourth-order valence-electron chi connectivity index (χ4n) is 2.16. The molecule has 7 heteroatoms. The van der Waals surface area contributed by atoms with E-state index < -0.39 is 0 Å². The van der Waals surface area contributed by atoms with Crippen LogP contribution in [0.1, 0.15) is 17.1 Å². The first kappa shape index (κ1) is 14.9. The molecule has 1 aliphatic rings. The number of nitrogens with zero attached hydrogens (tertiary/aromatic N) is 2. The van der Waals surface area contributed by atoms with Gasteiger partial charge in [0.05, 0.1) is 19.1 Å². The molecule has 1 unspecified atom stereocenters. The SMILES string of the molecule is COCCN1CC(C(=O)NCc2nc(C)cs2)CC1=O. The normalized spacial score (nSPS) is 18.6. The first-order chi connectivity index (χ1) is 9.60. The van der Waals surface area contributed by atoms with E-state index in [-0.39, 0.29) is 24.2 Å². The maximum absolute atomic E-state index is 12.0. The number of rotatable bonds is 6. The molecule has 6 nitrogen and oxygen atoms in total. The highest BCUT2D eigenvalue weighted by Gasteiger charge is 2.33. The Hall–Kier alpha value is -1.47. The summed E-state index contributed by atoms with van der Waals surface area (Å²) in [6.07, 6.45) is 0.284. The van der Waals surface area contributed by atoms with Crippen molar-refractivity contribution >= 4 is 23.2 Å². The van der Waals surface area contributed by atoms with Gasteiger partial charge in [-0.2, -0.15) is 0 Å². The lowest BCUT2D eigenvalue weighted by molar-refractivity contribution is -0.129. The summed E-state index contributed by atoms with van der Waals surface area (Å²) in [5.41, 5.74) is 0.959. The molecule has 2 heterocycles. The molecule has 0 saturated carbocycles. The van der Waals surface area contributed by atoms with Crippen LogP contribution >= 0.6 is 11.3 Å². The highest BCUT2D eigenvalue weighted by Crippen LogP contribution is 2.18. The smallest absolute Gasteiger partial charge is 0.225 e. The predicted octanol–water partition coefficient (Wildman–Crippen LogP) is 0.563. The van der Waals surface area contributed by atoms with Gasteiger partial charge >= 0.3 is 0 Å². The van der Waals surface area contributed by atoms with Crippen molar-refractivity contribution in [3.63, 3.8) is 0 Å². The highest BCUT2D eigenvalue weighted by molar-refractivity contribution is 7.09. The molecule has 0 spiro atoms. The standard InChI is InChI=1S/C13H19N3O3S/c1-9-8-20-11(15-9)6-14-13(18)10-5-12(17)16(7-10)3-4-19-2/h8,10H,3-7H2,1-2H3,(H,14,18). The summed E-state index contributed by atoms with van der Waals surface area (Å²) in [4.78, 5) is 29.8. The van der Waals surface area contributed by atoms with Crippen LogP contribution in [-0.4, -0.2) is 48.5 Å². The molecule has 1 N–H and O–H groups in total. The van der Waals surface area contributed by atoms with Crippen molar-refractivity contribution in [2.75, 3.05) is 26.8 Å². The van der Waals surface area contributed by atoms with Crippen LogP contribution in [0.15, 0.2) is 5.38 Å². The second-order valence-electron chi connectivity index (χ2n) is 4.83. The van der Waals surface area contributed by atoms with Crippen LogP contribution in [0.2, 0.25) is 0 Å². The average Bonchev–Trinajstić information content (AvgIpc) is 3.00. The van der Waals surface area contributed by atoms with Crippen molar-refractivity contribution in [3.05, 3.63) is 16.1 Å². The molecule has 1 fully saturated rings. The third-order valence-electron chi connectivity index (χ3n) is 3.23. The molecule has 0 aromatic carbocycles. The van der Waals surface area contributed by atoms with Gasteiger partial charge in [-0.3, -0.25) is 9.59 Å². The van der Waals surface area contributed by atoms with E-state index in [1.807, 2.05) is 12.3 Å². The molecule has 1 aromatic rings. The summed E-state index contributed by atoms with van der Waals surface area (Å²) in [5.74, 6) is -0.321. The summed E-state index contributed by atoms with van der Waals surface area (Å²) in [7, 11) is 1.60. The van der Waals surface area contributed by atoms with Crippen molar-refractivity contribution in [2.24, 2.45) is 5.92 Å². The number of carbonyl (C=O) groups excluding carboxylic acids is 2. The summed E-state index contributed by atoms with van der Waals surface area (Å²) >= 11 is 1.53. The molecular weight excluding hydrogens is 278 g/mol. The van der Waals surface area contributed by atoms with Crippen molar-refractivity contribution in [3.8, 4) is 0 Å². The Morgan fingerprint density at radius 3 is 3.10 bits per heavy atom. The van der Waals surface area contributed by atoms with E-state index in [4.69, 9.17) is 4.74 Å². The molecule has 20 heavy (non-hydrogen) atoms. The van der Waals surface area contributed by atoms with Gasteiger partial charge in [-0.05, 0) is 6.92 Å². The molecule has 0 bridgehead atoms. The molecule has 1 aromatic heterocycles. The minimum atomic E-state index is -0.264. The van der Waals surface area contributed by atoms with Crippen molar-refractivity contribution < 1.29 is 14.3 Å².